The largest absolute Gasteiger partial charge is 0.481 e. The summed E-state index contributed by atoms with van der Waals surface area (Å²) in [5.74, 6) is -0.908. The monoisotopic (exact) mass is 220 g/mol. The number of aliphatic carboxylic acids is 1. The smallest absolute Gasteiger partial charge is 0.310 e. The van der Waals surface area contributed by atoms with Crippen LogP contribution in [0.5, 0.6) is 0 Å². The number of hydrogen-bond donors (Lipinski definition) is 1. The second-order valence-electron chi connectivity index (χ2n) is 4.83. The van der Waals surface area contributed by atoms with Crippen molar-refractivity contribution in [3.8, 4) is 0 Å². The van der Waals surface area contributed by atoms with E-state index in [2.05, 4.69) is 0 Å². The van der Waals surface area contributed by atoms with E-state index in [1.165, 1.54) is 0 Å². The van der Waals surface area contributed by atoms with E-state index in [-0.39, 0.29) is 17.6 Å². The molecule has 1 N–H and O–H groups in total. The third kappa shape index (κ3) is 1.92. The van der Waals surface area contributed by atoms with Crippen molar-refractivity contribution in [3.05, 3.63) is 0 Å². The molecule has 5 heteroatoms. The van der Waals surface area contributed by atoms with Crippen molar-refractivity contribution in [2.45, 2.75) is 26.7 Å². The Morgan fingerprint density at radius 1 is 1.43 bits per heavy atom. The minimum Gasteiger partial charge on any atom is -0.481 e. The molecule has 0 spiro atoms. The molecule has 0 amide bonds. The third-order valence-corrected chi connectivity index (χ3v) is 4.17. The maximum atomic E-state index is 11.0. The third-order valence-electron chi connectivity index (χ3n) is 3.22. The fraction of sp³-hybridized carbons (Fsp3) is 0.889. The van der Waals surface area contributed by atoms with Crippen molar-refractivity contribution in [2.24, 2.45) is 10.8 Å². The lowest BCUT2D eigenvalue weighted by molar-refractivity contribution is -0.144. The Morgan fingerprint density at radius 2 is 1.86 bits per heavy atom. The maximum absolute atomic E-state index is 11.0. The van der Waals surface area contributed by atoms with Gasteiger partial charge in [0.1, 0.15) is 9.84 Å². The summed E-state index contributed by atoms with van der Waals surface area (Å²) < 4.78 is 21.9. The van der Waals surface area contributed by atoms with Gasteiger partial charge in [0.05, 0.1) is 11.2 Å². The van der Waals surface area contributed by atoms with Crippen LogP contribution in [0.2, 0.25) is 0 Å². The van der Waals surface area contributed by atoms with Crippen molar-refractivity contribution in [3.63, 3.8) is 0 Å². The normalized spacial score (nSPS) is 29.9. The van der Waals surface area contributed by atoms with Gasteiger partial charge < -0.3 is 5.11 Å². The van der Waals surface area contributed by atoms with Crippen molar-refractivity contribution >= 4 is 15.8 Å². The molecule has 14 heavy (non-hydrogen) atoms. The number of carbonyl (C=O) groups is 1. The summed E-state index contributed by atoms with van der Waals surface area (Å²) >= 11 is 0. The van der Waals surface area contributed by atoms with Gasteiger partial charge in [0, 0.05) is 6.26 Å². The summed E-state index contributed by atoms with van der Waals surface area (Å²) in [6.45, 7) is 3.73. The molecule has 82 valence electrons. The Bertz CT molecular complexity index is 355. The SMILES string of the molecule is CC1(C)CC1(CCS(C)(=O)=O)C(=O)O. The highest BCUT2D eigenvalue weighted by Crippen LogP contribution is 2.65. The lowest BCUT2D eigenvalue weighted by Crippen LogP contribution is -2.24. The summed E-state index contributed by atoms with van der Waals surface area (Å²) in [7, 11) is -3.06. The van der Waals surface area contributed by atoms with Gasteiger partial charge in [-0.1, -0.05) is 13.8 Å². The van der Waals surface area contributed by atoms with Crippen LogP contribution in [0.3, 0.4) is 0 Å². The highest BCUT2D eigenvalue weighted by molar-refractivity contribution is 7.90. The number of carboxylic acid groups (broad SMARTS) is 1. The van der Waals surface area contributed by atoms with Crippen LogP contribution in [-0.2, 0) is 14.6 Å². The molecule has 0 saturated heterocycles. The van der Waals surface area contributed by atoms with E-state index in [1.54, 1.807) is 0 Å². The van der Waals surface area contributed by atoms with E-state index < -0.39 is 21.2 Å². The molecular formula is C9H16O4S. The first-order chi connectivity index (χ1) is 6.11. The summed E-state index contributed by atoms with van der Waals surface area (Å²) in [5, 5.41) is 9.04. The predicted octanol–water partition coefficient (Wildman–Crippen LogP) is 0.922. The van der Waals surface area contributed by atoms with Gasteiger partial charge in [-0.25, -0.2) is 8.42 Å². The molecule has 1 aliphatic carbocycles. The van der Waals surface area contributed by atoms with Crippen LogP contribution in [0.4, 0.5) is 0 Å². The molecule has 0 aliphatic heterocycles. The van der Waals surface area contributed by atoms with Gasteiger partial charge in [0.15, 0.2) is 0 Å². The van der Waals surface area contributed by atoms with Crippen LogP contribution in [-0.4, -0.2) is 31.5 Å². The van der Waals surface area contributed by atoms with E-state index in [0.717, 1.165) is 6.26 Å². The highest BCUT2D eigenvalue weighted by atomic mass is 32.2. The number of carboxylic acids is 1. The van der Waals surface area contributed by atoms with E-state index in [9.17, 15) is 13.2 Å². The van der Waals surface area contributed by atoms with Crippen molar-refractivity contribution < 1.29 is 18.3 Å². The lowest BCUT2D eigenvalue weighted by Gasteiger charge is -2.14. The van der Waals surface area contributed by atoms with E-state index >= 15 is 0 Å². The number of sulfone groups is 1. The highest BCUT2D eigenvalue weighted by Gasteiger charge is 2.66. The quantitative estimate of drug-likeness (QED) is 0.764. The van der Waals surface area contributed by atoms with E-state index in [4.69, 9.17) is 5.11 Å². The van der Waals surface area contributed by atoms with Gasteiger partial charge in [-0.05, 0) is 18.3 Å². The van der Waals surface area contributed by atoms with Gasteiger partial charge in [0.25, 0.3) is 0 Å². The molecule has 4 nitrogen and oxygen atoms in total. The van der Waals surface area contributed by atoms with Gasteiger partial charge >= 0.3 is 5.97 Å². The average molecular weight is 220 g/mol. The van der Waals surface area contributed by atoms with Crippen LogP contribution < -0.4 is 0 Å². The van der Waals surface area contributed by atoms with Crippen LogP contribution in [0.1, 0.15) is 26.7 Å². The Kier molecular flexibility index (Phi) is 2.42. The molecule has 0 aromatic heterocycles. The second-order valence-corrected chi connectivity index (χ2v) is 7.09. The topological polar surface area (TPSA) is 71.4 Å². The van der Waals surface area contributed by atoms with Gasteiger partial charge in [-0.2, -0.15) is 0 Å². The van der Waals surface area contributed by atoms with Crippen LogP contribution in [0, 0.1) is 10.8 Å². The van der Waals surface area contributed by atoms with E-state index in [1.807, 2.05) is 13.8 Å². The van der Waals surface area contributed by atoms with Gasteiger partial charge in [-0.15, -0.1) is 0 Å². The fourth-order valence-corrected chi connectivity index (χ4v) is 2.69. The predicted molar refractivity (Wildman–Crippen MR) is 52.8 cm³/mol. The molecule has 0 heterocycles. The Hall–Kier alpha value is -0.580. The molecule has 1 fully saturated rings. The maximum Gasteiger partial charge on any atom is 0.310 e. The molecule has 0 aromatic rings. The zero-order valence-corrected chi connectivity index (χ0v) is 9.52. The molecule has 1 unspecified atom stereocenters. The molecule has 0 aromatic carbocycles. The first-order valence-electron chi connectivity index (χ1n) is 4.52. The molecule has 1 rings (SSSR count). The Balaban J connectivity index is 2.72. The van der Waals surface area contributed by atoms with Gasteiger partial charge in [-0.3, -0.25) is 4.79 Å². The van der Waals surface area contributed by atoms with Crippen molar-refractivity contribution in [1.29, 1.82) is 0 Å². The first kappa shape index (κ1) is 11.5. The Labute approximate surface area is 84.2 Å². The van der Waals surface area contributed by atoms with Crippen LogP contribution >= 0.6 is 0 Å². The molecule has 1 aliphatic rings. The van der Waals surface area contributed by atoms with Crippen molar-refractivity contribution in [1.82, 2.24) is 0 Å². The minimum atomic E-state index is -3.06. The first-order valence-corrected chi connectivity index (χ1v) is 6.58. The zero-order valence-electron chi connectivity index (χ0n) is 8.70. The molecule has 0 radical (unpaired) electrons. The fourth-order valence-electron chi connectivity index (χ4n) is 1.97. The summed E-state index contributed by atoms with van der Waals surface area (Å²) in [6, 6.07) is 0. The average Bonchev–Trinajstić information content (AvgIpc) is 2.49. The second kappa shape index (κ2) is 2.95. The summed E-state index contributed by atoms with van der Waals surface area (Å²) in [4.78, 5) is 11.0. The van der Waals surface area contributed by atoms with Crippen LogP contribution in [0.15, 0.2) is 0 Å². The molecule has 1 atom stereocenters. The summed E-state index contributed by atoms with van der Waals surface area (Å²) in [6.07, 6.45) is 1.94. The molecular weight excluding hydrogens is 204 g/mol. The van der Waals surface area contributed by atoms with Crippen molar-refractivity contribution in [2.75, 3.05) is 12.0 Å². The standard InChI is InChI=1S/C9H16O4S/c1-8(2)6-9(8,7(10)11)4-5-14(3,12)13/h4-6H2,1-3H3,(H,10,11). The number of hydrogen-bond acceptors (Lipinski definition) is 3. The zero-order chi connectivity index (χ0) is 11.2. The summed E-state index contributed by atoms with van der Waals surface area (Å²) in [5.41, 5.74) is -1.07. The minimum absolute atomic E-state index is 0.0390. The van der Waals surface area contributed by atoms with Crippen LogP contribution in [0.25, 0.3) is 0 Å². The molecule has 0 bridgehead atoms. The van der Waals surface area contributed by atoms with E-state index in [0.29, 0.717) is 6.42 Å². The Morgan fingerprint density at radius 3 is 2.07 bits per heavy atom. The molecule has 1 saturated carbocycles. The van der Waals surface area contributed by atoms with Gasteiger partial charge in [0.2, 0.25) is 0 Å². The number of rotatable bonds is 4. The lowest BCUT2D eigenvalue weighted by atomic mass is 9.93.